The van der Waals surface area contributed by atoms with Crippen LogP contribution in [-0.4, -0.2) is 18.4 Å². The average molecular weight is 302 g/mol. The van der Waals surface area contributed by atoms with Crippen molar-refractivity contribution < 1.29 is 14.3 Å². The third-order valence-corrected chi connectivity index (χ3v) is 3.46. The molecular formula is C19H26O3. The van der Waals surface area contributed by atoms with Crippen molar-refractivity contribution in [3.8, 4) is 0 Å². The van der Waals surface area contributed by atoms with Gasteiger partial charge in [-0.15, -0.1) is 0 Å². The lowest BCUT2D eigenvalue weighted by molar-refractivity contribution is -0.140. The fourth-order valence-corrected chi connectivity index (χ4v) is 2.11. The van der Waals surface area contributed by atoms with Crippen molar-refractivity contribution in [3.05, 3.63) is 47.5 Å². The lowest BCUT2D eigenvalue weighted by Crippen LogP contribution is -2.16. The van der Waals surface area contributed by atoms with E-state index in [-0.39, 0.29) is 11.4 Å². The zero-order valence-electron chi connectivity index (χ0n) is 13.6. The summed E-state index contributed by atoms with van der Waals surface area (Å²) in [4.78, 5) is 24.0. The second-order valence-electron chi connectivity index (χ2n) is 5.28. The summed E-state index contributed by atoms with van der Waals surface area (Å²) in [6.45, 7) is 4.28. The van der Waals surface area contributed by atoms with Crippen molar-refractivity contribution in [1.82, 2.24) is 0 Å². The first-order valence-electron chi connectivity index (χ1n) is 8.13. The molecule has 0 N–H and O–H groups in total. The normalized spacial score (nSPS) is 11.3. The van der Waals surface area contributed by atoms with Gasteiger partial charge in [0.1, 0.15) is 0 Å². The molecule has 0 bridgehead atoms. The van der Waals surface area contributed by atoms with Crippen LogP contribution in [0.1, 0.15) is 51.5 Å². The van der Waals surface area contributed by atoms with Crippen LogP contribution in [0, 0.1) is 0 Å². The number of unbranched alkanes of at least 4 members (excludes halogenated alkanes) is 3. The van der Waals surface area contributed by atoms with Gasteiger partial charge in [0.05, 0.1) is 12.2 Å². The highest BCUT2D eigenvalue weighted by molar-refractivity contribution is 6.17. The third kappa shape index (κ3) is 6.70. The molecule has 1 rings (SSSR count). The van der Waals surface area contributed by atoms with Gasteiger partial charge in [-0.2, -0.15) is 0 Å². The van der Waals surface area contributed by atoms with Crippen molar-refractivity contribution >= 4 is 11.8 Å². The van der Waals surface area contributed by atoms with E-state index in [1.165, 1.54) is 0 Å². The fraction of sp³-hybridized carbons (Fsp3) is 0.474. The third-order valence-electron chi connectivity index (χ3n) is 3.46. The molecule has 3 nitrogen and oxygen atoms in total. The predicted molar refractivity (Wildman–Crippen MR) is 88.6 cm³/mol. The number of ether oxygens (including phenoxy) is 1. The van der Waals surface area contributed by atoms with Gasteiger partial charge in [-0.3, -0.25) is 4.79 Å². The van der Waals surface area contributed by atoms with Crippen LogP contribution in [0.2, 0.25) is 0 Å². The molecule has 120 valence electrons. The van der Waals surface area contributed by atoms with Crippen LogP contribution in [0.15, 0.2) is 42.0 Å². The van der Waals surface area contributed by atoms with E-state index in [4.69, 9.17) is 4.74 Å². The van der Waals surface area contributed by atoms with Gasteiger partial charge in [0.25, 0.3) is 0 Å². The second-order valence-corrected chi connectivity index (χ2v) is 5.28. The van der Waals surface area contributed by atoms with Crippen LogP contribution in [-0.2, 0) is 20.7 Å². The topological polar surface area (TPSA) is 43.4 Å². The SMILES string of the molecule is CCCCCCOC(=O)C(=CCc1ccccc1)C(=O)CC. The van der Waals surface area contributed by atoms with E-state index in [0.717, 1.165) is 31.2 Å². The summed E-state index contributed by atoms with van der Waals surface area (Å²) >= 11 is 0. The zero-order valence-corrected chi connectivity index (χ0v) is 13.6. The minimum absolute atomic E-state index is 0.158. The predicted octanol–water partition coefficient (Wildman–Crippen LogP) is 4.26. The van der Waals surface area contributed by atoms with Crippen molar-refractivity contribution in [3.63, 3.8) is 0 Å². The van der Waals surface area contributed by atoms with Crippen LogP contribution in [0.3, 0.4) is 0 Å². The number of hydrogen-bond donors (Lipinski definition) is 0. The summed E-state index contributed by atoms with van der Waals surface area (Å²) in [5.74, 6) is -0.645. The second kappa shape index (κ2) is 10.8. The van der Waals surface area contributed by atoms with Crippen molar-refractivity contribution in [1.29, 1.82) is 0 Å². The molecule has 0 atom stereocenters. The molecule has 0 radical (unpaired) electrons. The Morgan fingerprint density at radius 1 is 1.05 bits per heavy atom. The molecule has 0 saturated carbocycles. The molecule has 0 spiro atoms. The summed E-state index contributed by atoms with van der Waals surface area (Å²) in [6.07, 6.45) is 6.75. The van der Waals surface area contributed by atoms with Crippen LogP contribution >= 0.6 is 0 Å². The Hall–Kier alpha value is -1.90. The number of hydrogen-bond acceptors (Lipinski definition) is 3. The number of carbonyl (C=O) groups is 2. The van der Waals surface area contributed by atoms with E-state index in [0.29, 0.717) is 19.4 Å². The molecule has 0 aliphatic carbocycles. The molecule has 0 heterocycles. The van der Waals surface area contributed by atoms with Gasteiger partial charge in [0, 0.05) is 6.42 Å². The van der Waals surface area contributed by atoms with E-state index >= 15 is 0 Å². The molecule has 1 aromatic carbocycles. The standard InChI is InChI=1S/C19H26O3/c1-3-5-6-10-15-22-19(21)17(18(20)4-2)14-13-16-11-8-7-9-12-16/h7-9,11-12,14H,3-6,10,13,15H2,1-2H3. The lowest BCUT2D eigenvalue weighted by Gasteiger charge is -2.07. The molecule has 0 fully saturated rings. The quantitative estimate of drug-likeness (QED) is 0.213. The first-order chi connectivity index (χ1) is 10.7. The van der Waals surface area contributed by atoms with E-state index in [1.807, 2.05) is 30.3 Å². The maximum absolute atomic E-state index is 12.1. The average Bonchev–Trinajstić information content (AvgIpc) is 2.55. The van der Waals surface area contributed by atoms with E-state index in [1.54, 1.807) is 13.0 Å². The maximum Gasteiger partial charge on any atom is 0.341 e. The Bertz CT molecular complexity index is 489. The number of allylic oxidation sites excluding steroid dienone is 1. The fourth-order valence-electron chi connectivity index (χ4n) is 2.11. The minimum Gasteiger partial charge on any atom is -0.462 e. The number of ketones is 1. The van der Waals surface area contributed by atoms with Crippen LogP contribution in [0.25, 0.3) is 0 Å². The van der Waals surface area contributed by atoms with Gasteiger partial charge in [-0.05, 0) is 18.4 Å². The highest BCUT2D eigenvalue weighted by Gasteiger charge is 2.17. The number of rotatable bonds is 10. The van der Waals surface area contributed by atoms with Crippen molar-refractivity contribution in [2.75, 3.05) is 6.61 Å². The van der Waals surface area contributed by atoms with E-state index in [2.05, 4.69) is 6.92 Å². The smallest absolute Gasteiger partial charge is 0.341 e. The monoisotopic (exact) mass is 302 g/mol. The molecule has 1 aromatic rings. The van der Waals surface area contributed by atoms with Gasteiger partial charge >= 0.3 is 5.97 Å². The molecular weight excluding hydrogens is 276 g/mol. The minimum atomic E-state index is -0.487. The Morgan fingerprint density at radius 3 is 2.41 bits per heavy atom. The van der Waals surface area contributed by atoms with E-state index < -0.39 is 5.97 Å². The summed E-state index contributed by atoms with van der Waals surface area (Å²) in [5.41, 5.74) is 1.25. The number of Topliss-reactive ketones (excluding diaryl/α,β-unsaturated/α-hetero) is 1. The largest absolute Gasteiger partial charge is 0.462 e. The van der Waals surface area contributed by atoms with Crippen molar-refractivity contribution in [2.45, 2.75) is 52.4 Å². The van der Waals surface area contributed by atoms with Gasteiger partial charge in [0.2, 0.25) is 0 Å². The maximum atomic E-state index is 12.1. The molecule has 22 heavy (non-hydrogen) atoms. The Balaban J connectivity index is 2.59. The summed E-state index contributed by atoms with van der Waals surface area (Å²) < 4.78 is 5.23. The Labute approximate surface area is 133 Å². The number of benzene rings is 1. The molecule has 0 aliphatic rings. The van der Waals surface area contributed by atoms with Gasteiger partial charge in [-0.25, -0.2) is 4.79 Å². The summed E-state index contributed by atoms with van der Waals surface area (Å²) in [5, 5.41) is 0. The summed E-state index contributed by atoms with van der Waals surface area (Å²) in [6, 6.07) is 9.77. The first kappa shape index (κ1) is 18.1. The Kier molecular flexibility index (Phi) is 8.89. The van der Waals surface area contributed by atoms with Gasteiger partial charge < -0.3 is 4.74 Å². The Morgan fingerprint density at radius 2 is 1.77 bits per heavy atom. The molecule has 0 aromatic heterocycles. The summed E-state index contributed by atoms with van der Waals surface area (Å²) in [7, 11) is 0. The van der Waals surface area contributed by atoms with E-state index in [9.17, 15) is 9.59 Å². The van der Waals surface area contributed by atoms with Crippen LogP contribution < -0.4 is 0 Å². The highest BCUT2D eigenvalue weighted by Crippen LogP contribution is 2.09. The van der Waals surface area contributed by atoms with Crippen LogP contribution in [0.4, 0.5) is 0 Å². The number of esters is 1. The van der Waals surface area contributed by atoms with Gasteiger partial charge in [0.15, 0.2) is 5.78 Å². The van der Waals surface area contributed by atoms with Gasteiger partial charge in [-0.1, -0.05) is 69.5 Å². The molecule has 3 heteroatoms. The lowest BCUT2D eigenvalue weighted by atomic mass is 10.1. The molecule has 0 saturated heterocycles. The van der Waals surface area contributed by atoms with Crippen molar-refractivity contribution in [2.24, 2.45) is 0 Å². The first-order valence-corrected chi connectivity index (χ1v) is 8.13. The molecule has 0 amide bonds. The zero-order chi connectivity index (χ0) is 16.2. The highest BCUT2D eigenvalue weighted by atomic mass is 16.5. The number of carbonyl (C=O) groups excluding carboxylic acids is 2. The molecule has 0 unspecified atom stereocenters. The van der Waals surface area contributed by atoms with Crippen LogP contribution in [0.5, 0.6) is 0 Å². The molecule has 0 aliphatic heterocycles.